The number of thioether (sulfide) groups is 1. The number of anilines is 1. The van der Waals surface area contributed by atoms with Crippen LogP contribution < -0.4 is 5.32 Å². The number of rotatable bonds is 4. The van der Waals surface area contributed by atoms with E-state index in [4.69, 9.17) is 0 Å². The summed E-state index contributed by atoms with van der Waals surface area (Å²) in [7, 11) is 0. The molecule has 0 aliphatic rings. The number of aryl methyl sites for hydroxylation is 1. The molecule has 0 saturated carbocycles. The van der Waals surface area contributed by atoms with Gasteiger partial charge in [-0.15, -0.1) is 0 Å². The molecule has 0 fully saturated rings. The van der Waals surface area contributed by atoms with Crippen LogP contribution in [0.15, 0.2) is 18.3 Å². The summed E-state index contributed by atoms with van der Waals surface area (Å²) in [6.07, 6.45) is 1.67. The molecule has 1 heterocycles. The van der Waals surface area contributed by atoms with E-state index in [0.29, 0.717) is 5.82 Å². The summed E-state index contributed by atoms with van der Waals surface area (Å²) in [4.78, 5) is 4.01. The highest BCUT2D eigenvalue weighted by molar-refractivity contribution is 8.00. The molecule has 6 heteroatoms. The van der Waals surface area contributed by atoms with Gasteiger partial charge in [0.25, 0.3) is 0 Å². The van der Waals surface area contributed by atoms with Crippen LogP contribution >= 0.6 is 11.8 Å². The summed E-state index contributed by atoms with van der Waals surface area (Å²) in [5.41, 5.74) is -3.13. The van der Waals surface area contributed by atoms with Gasteiger partial charge in [-0.05, 0) is 30.3 Å². The Morgan fingerprint density at radius 1 is 1.40 bits per heavy atom. The molecule has 0 spiro atoms. The van der Waals surface area contributed by atoms with Crippen molar-refractivity contribution in [2.24, 2.45) is 0 Å². The number of nitrogens with one attached hydrogen (secondary N) is 1. The van der Waals surface area contributed by atoms with E-state index >= 15 is 0 Å². The summed E-state index contributed by atoms with van der Waals surface area (Å²) < 4.78 is 35.3. The molecule has 0 atom stereocenters. The lowest BCUT2D eigenvalue weighted by Crippen LogP contribution is -2.10. The first-order valence-corrected chi connectivity index (χ1v) is 5.33. The Labute approximate surface area is 90.3 Å². The second-order valence-electron chi connectivity index (χ2n) is 2.94. The van der Waals surface area contributed by atoms with Crippen molar-refractivity contribution in [2.45, 2.75) is 12.4 Å². The minimum absolute atomic E-state index is 0.0148. The molecule has 84 valence electrons. The number of aromatic nitrogens is 1. The van der Waals surface area contributed by atoms with Gasteiger partial charge >= 0.3 is 5.51 Å². The summed E-state index contributed by atoms with van der Waals surface area (Å²) in [6.45, 7) is 2.15. The Morgan fingerprint density at radius 2 is 2.13 bits per heavy atom. The zero-order chi connectivity index (χ0) is 11.3. The Hall–Kier alpha value is -0.910. The first-order chi connectivity index (χ1) is 6.97. The molecule has 0 radical (unpaired) electrons. The van der Waals surface area contributed by atoms with E-state index in [1.165, 1.54) is 0 Å². The molecule has 0 bridgehead atoms. The van der Waals surface area contributed by atoms with E-state index in [1.807, 2.05) is 13.0 Å². The molecule has 0 unspecified atom stereocenters. The molecule has 0 amide bonds. The van der Waals surface area contributed by atoms with Crippen molar-refractivity contribution in [3.63, 3.8) is 0 Å². The SMILES string of the molecule is Cc1ccc(NCCSC(F)(F)F)nc1. The third-order valence-electron chi connectivity index (χ3n) is 1.59. The first-order valence-electron chi connectivity index (χ1n) is 4.34. The van der Waals surface area contributed by atoms with Gasteiger partial charge in [0.05, 0.1) is 0 Å². The summed E-state index contributed by atoms with van der Waals surface area (Å²) in [5, 5.41) is 2.81. The fourth-order valence-corrected chi connectivity index (χ4v) is 1.35. The molecular weight excluding hydrogens is 225 g/mol. The average molecular weight is 236 g/mol. The highest BCUT2D eigenvalue weighted by Gasteiger charge is 2.27. The highest BCUT2D eigenvalue weighted by atomic mass is 32.2. The monoisotopic (exact) mass is 236 g/mol. The maximum absolute atomic E-state index is 11.8. The number of halogens is 3. The molecular formula is C9H11F3N2S. The van der Waals surface area contributed by atoms with E-state index in [1.54, 1.807) is 12.3 Å². The topological polar surface area (TPSA) is 24.9 Å². The van der Waals surface area contributed by atoms with Crippen LogP contribution in [0.5, 0.6) is 0 Å². The van der Waals surface area contributed by atoms with Crippen molar-refractivity contribution in [3.8, 4) is 0 Å². The van der Waals surface area contributed by atoms with Gasteiger partial charge in [0.1, 0.15) is 5.82 Å². The van der Waals surface area contributed by atoms with E-state index in [0.717, 1.165) is 5.56 Å². The molecule has 0 aromatic carbocycles. The van der Waals surface area contributed by atoms with E-state index in [9.17, 15) is 13.2 Å². The molecule has 1 aromatic rings. The molecule has 15 heavy (non-hydrogen) atoms. The zero-order valence-electron chi connectivity index (χ0n) is 8.14. The van der Waals surface area contributed by atoms with Crippen molar-refractivity contribution in [3.05, 3.63) is 23.9 Å². The lowest BCUT2D eigenvalue weighted by molar-refractivity contribution is -0.0327. The lowest BCUT2D eigenvalue weighted by atomic mass is 10.3. The van der Waals surface area contributed by atoms with E-state index in [-0.39, 0.29) is 24.1 Å². The fraction of sp³-hybridized carbons (Fsp3) is 0.444. The largest absolute Gasteiger partial charge is 0.441 e. The van der Waals surface area contributed by atoms with Crippen LogP contribution in [-0.2, 0) is 0 Å². The molecule has 0 aliphatic carbocycles. The van der Waals surface area contributed by atoms with Gasteiger partial charge in [0.15, 0.2) is 0 Å². The number of pyridine rings is 1. The standard InChI is InChI=1S/C9H11F3N2S/c1-7-2-3-8(14-6-7)13-4-5-15-9(10,11)12/h2-3,6H,4-5H2,1H3,(H,13,14). The molecule has 0 aliphatic heterocycles. The van der Waals surface area contributed by atoms with Crippen LogP contribution in [0.25, 0.3) is 0 Å². The second kappa shape index (κ2) is 5.25. The Balaban J connectivity index is 2.23. The maximum Gasteiger partial charge on any atom is 0.441 e. The van der Waals surface area contributed by atoms with Crippen LogP contribution in [0, 0.1) is 6.92 Å². The Kier molecular flexibility index (Phi) is 4.26. The number of alkyl halides is 3. The van der Waals surface area contributed by atoms with Crippen molar-refractivity contribution >= 4 is 17.6 Å². The van der Waals surface area contributed by atoms with Crippen molar-refractivity contribution in [1.82, 2.24) is 4.98 Å². The molecule has 0 saturated heterocycles. The number of hydrogen-bond donors (Lipinski definition) is 1. The molecule has 2 nitrogen and oxygen atoms in total. The zero-order valence-corrected chi connectivity index (χ0v) is 8.95. The van der Waals surface area contributed by atoms with Gasteiger partial charge in [0, 0.05) is 18.5 Å². The van der Waals surface area contributed by atoms with Crippen molar-refractivity contribution < 1.29 is 13.2 Å². The van der Waals surface area contributed by atoms with Gasteiger partial charge < -0.3 is 5.32 Å². The van der Waals surface area contributed by atoms with Crippen molar-refractivity contribution in [1.29, 1.82) is 0 Å². The van der Waals surface area contributed by atoms with Crippen LogP contribution in [-0.4, -0.2) is 22.8 Å². The van der Waals surface area contributed by atoms with E-state index in [2.05, 4.69) is 10.3 Å². The van der Waals surface area contributed by atoms with Crippen LogP contribution in [0.3, 0.4) is 0 Å². The first kappa shape index (κ1) is 12.2. The third-order valence-corrected chi connectivity index (χ3v) is 2.32. The summed E-state index contributed by atoms with van der Waals surface area (Å²) in [6, 6.07) is 3.60. The van der Waals surface area contributed by atoms with E-state index < -0.39 is 5.51 Å². The fourth-order valence-electron chi connectivity index (χ4n) is 0.918. The number of nitrogens with zero attached hydrogens (tertiary/aromatic N) is 1. The normalized spacial score (nSPS) is 11.5. The average Bonchev–Trinajstić information content (AvgIpc) is 2.14. The third kappa shape index (κ3) is 5.51. The van der Waals surface area contributed by atoms with Gasteiger partial charge in [-0.1, -0.05) is 6.07 Å². The smallest absolute Gasteiger partial charge is 0.369 e. The second-order valence-corrected chi connectivity index (χ2v) is 4.10. The molecule has 1 aromatic heterocycles. The minimum atomic E-state index is -4.15. The predicted molar refractivity (Wildman–Crippen MR) is 56.0 cm³/mol. The molecule has 1 rings (SSSR count). The van der Waals surface area contributed by atoms with Crippen LogP contribution in [0.2, 0.25) is 0 Å². The van der Waals surface area contributed by atoms with Crippen molar-refractivity contribution in [2.75, 3.05) is 17.6 Å². The van der Waals surface area contributed by atoms with Gasteiger partial charge in [-0.3, -0.25) is 0 Å². The highest BCUT2D eigenvalue weighted by Crippen LogP contribution is 2.29. The maximum atomic E-state index is 11.8. The van der Waals surface area contributed by atoms with Gasteiger partial charge in [0.2, 0.25) is 0 Å². The Bertz CT molecular complexity index is 297. The molecule has 1 N–H and O–H groups in total. The quantitative estimate of drug-likeness (QED) is 0.813. The van der Waals surface area contributed by atoms with Gasteiger partial charge in [-0.2, -0.15) is 13.2 Å². The van der Waals surface area contributed by atoms with Crippen LogP contribution in [0.1, 0.15) is 5.56 Å². The number of hydrogen-bond acceptors (Lipinski definition) is 3. The lowest BCUT2D eigenvalue weighted by Gasteiger charge is -2.07. The minimum Gasteiger partial charge on any atom is -0.369 e. The summed E-state index contributed by atoms with van der Waals surface area (Å²) >= 11 is -0.0343. The summed E-state index contributed by atoms with van der Waals surface area (Å²) in [5.74, 6) is 0.586. The predicted octanol–water partition coefficient (Wildman–Crippen LogP) is 3.05. The van der Waals surface area contributed by atoms with Gasteiger partial charge in [-0.25, -0.2) is 4.98 Å². The Morgan fingerprint density at radius 3 is 2.67 bits per heavy atom. The van der Waals surface area contributed by atoms with Crippen LogP contribution in [0.4, 0.5) is 19.0 Å².